The molecule has 1 heterocycles. The monoisotopic (exact) mass is 280 g/mol. The number of aliphatic imine (C=N–C) groups is 1. The Morgan fingerprint density at radius 2 is 2.10 bits per heavy atom. The van der Waals surface area contributed by atoms with E-state index < -0.39 is 0 Å². The average Bonchev–Trinajstić information content (AvgIpc) is 2.53. The summed E-state index contributed by atoms with van der Waals surface area (Å²) >= 11 is 0. The maximum Gasteiger partial charge on any atom is 0.159 e. The van der Waals surface area contributed by atoms with Gasteiger partial charge in [0.05, 0.1) is 12.8 Å². The first-order chi connectivity index (χ1) is 10.2. The number of benzene rings is 2. The van der Waals surface area contributed by atoms with Crippen molar-refractivity contribution in [2.24, 2.45) is 4.99 Å². The number of hydrogen-bond acceptors (Lipinski definition) is 4. The summed E-state index contributed by atoms with van der Waals surface area (Å²) in [4.78, 5) is 18.0. The van der Waals surface area contributed by atoms with E-state index in [0.29, 0.717) is 12.2 Å². The minimum absolute atomic E-state index is 0.0585. The predicted octanol–water partition coefficient (Wildman–Crippen LogP) is 3.43. The number of rotatable bonds is 3. The minimum Gasteiger partial charge on any atom is -0.497 e. The molecule has 106 valence electrons. The Hall–Kier alpha value is -2.62. The maximum atomic E-state index is 11.6. The smallest absolute Gasteiger partial charge is 0.159 e. The zero-order chi connectivity index (χ0) is 14.8. The van der Waals surface area contributed by atoms with Crippen LogP contribution in [0.5, 0.6) is 5.75 Å². The van der Waals surface area contributed by atoms with Crippen molar-refractivity contribution in [2.75, 3.05) is 18.7 Å². The molecule has 2 aromatic rings. The fourth-order valence-corrected chi connectivity index (χ4v) is 2.40. The van der Waals surface area contributed by atoms with Gasteiger partial charge >= 0.3 is 0 Å². The summed E-state index contributed by atoms with van der Waals surface area (Å²) in [5.41, 5.74) is 3.72. The molecule has 4 heteroatoms. The summed E-state index contributed by atoms with van der Waals surface area (Å²) in [6, 6.07) is 13.5. The number of methoxy groups -OCH3 is 1. The molecule has 0 atom stereocenters. The lowest BCUT2D eigenvalue weighted by molar-refractivity contribution is 0.101. The maximum absolute atomic E-state index is 11.6. The van der Waals surface area contributed by atoms with Crippen molar-refractivity contribution in [1.82, 2.24) is 0 Å². The van der Waals surface area contributed by atoms with Gasteiger partial charge in [-0.1, -0.05) is 12.1 Å². The van der Waals surface area contributed by atoms with Crippen LogP contribution in [0.3, 0.4) is 0 Å². The largest absolute Gasteiger partial charge is 0.497 e. The normalized spacial score (nSPS) is 13.0. The first kappa shape index (κ1) is 13.4. The van der Waals surface area contributed by atoms with Crippen LogP contribution in [0.25, 0.3) is 0 Å². The van der Waals surface area contributed by atoms with E-state index in [4.69, 9.17) is 4.74 Å². The average molecular weight is 280 g/mol. The van der Waals surface area contributed by atoms with Crippen molar-refractivity contribution in [1.29, 1.82) is 0 Å². The zero-order valence-corrected chi connectivity index (χ0v) is 12.0. The Balaban J connectivity index is 2.07. The van der Waals surface area contributed by atoms with Crippen LogP contribution in [-0.2, 0) is 0 Å². The fraction of sp³-hybridized carbons (Fsp3) is 0.176. The molecule has 0 aromatic heterocycles. The van der Waals surface area contributed by atoms with Crippen LogP contribution in [-0.4, -0.2) is 25.8 Å². The number of ketones is 1. The van der Waals surface area contributed by atoms with Gasteiger partial charge in [0.1, 0.15) is 12.4 Å². The number of Topliss-reactive ketones (excluding diaryl/α,β-unsaturated/α-hetero) is 1. The van der Waals surface area contributed by atoms with Crippen LogP contribution in [0.2, 0.25) is 0 Å². The highest BCUT2D eigenvalue weighted by molar-refractivity contribution is 5.96. The number of anilines is 2. The minimum atomic E-state index is 0.0585. The lowest BCUT2D eigenvalue weighted by atomic mass is 10.1. The number of carbonyl (C=O) groups excluding carboxylic acids is 1. The third kappa shape index (κ3) is 2.52. The van der Waals surface area contributed by atoms with Gasteiger partial charge in [0, 0.05) is 29.1 Å². The van der Waals surface area contributed by atoms with E-state index in [1.807, 2.05) is 48.7 Å². The SMILES string of the molecule is COc1ccc2c(c1)N(c1cccc(C(C)=O)c1)CN=C2. The third-order valence-corrected chi connectivity index (χ3v) is 3.55. The van der Waals surface area contributed by atoms with Crippen molar-refractivity contribution in [3.05, 3.63) is 53.6 Å². The van der Waals surface area contributed by atoms with Crippen LogP contribution in [0.15, 0.2) is 47.5 Å². The molecule has 0 radical (unpaired) electrons. The quantitative estimate of drug-likeness (QED) is 0.809. The summed E-state index contributed by atoms with van der Waals surface area (Å²) in [7, 11) is 1.65. The molecule has 0 saturated carbocycles. The summed E-state index contributed by atoms with van der Waals surface area (Å²) in [5, 5.41) is 0. The molecule has 0 fully saturated rings. The molecule has 2 aromatic carbocycles. The van der Waals surface area contributed by atoms with E-state index >= 15 is 0 Å². The first-order valence-electron chi connectivity index (χ1n) is 6.75. The van der Waals surface area contributed by atoms with Gasteiger partial charge < -0.3 is 9.64 Å². The Bertz CT molecular complexity index is 722. The second kappa shape index (κ2) is 5.40. The fourth-order valence-electron chi connectivity index (χ4n) is 2.40. The van der Waals surface area contributed by atoms with Crippen molar-refractivity contribution in [3.63, 3.8) is 0 Å². The van der Waals surface area contributed by atoms with Gasteiger partial charge in [-0.3, -0.25) is 9.79 Å². The van der Waals surface area contributed by atoms with Crippen LogP contribution >= 0.6 is 0 Å². The molecular weight excluding hydrogens is 264 g/mol. The second-order valence-electron chi connectivity index (χ2n) is 4.91. The molecule has 0 N–H and O–H groups in total. The van der Waals surface area contributed by atoms with Crippen LogP contribution in [0.4, 0.5) is 11.4 Å². The Kier molecular flexibility index (Phi) is 3.44. The highest BCUT2D eigenvalue weighted by atomic mass is 16.5. The summed E-state index contributed by atoms with van der Waals surface area (Å²) in [6.45, 7) is 2.10. The molecule has 4 nitrogen and oxygen atoms in total. The molecule has 0 aliphatic carbocycles. The van der Waals surface area contributed by atoms with Gasteiger partial charge in [-0.25, -0.2) is 0 Å². The van der Waals surface area contributed by atoms with Crippen LogP contribution in [0, 0.1) is 0 Å². The lowest BCUT2D eigenvalue weighted by Gasteiger charge is -2.28. The van der Waals surface area contributed by atoms with Crippen molar-refractivity contribution in [3.8, 4) is 5.75 Å². The molecule has 0 amide bonds. The van der Waals surface area contributed by atoms with Crippen LogP contribution < -0.4 is 9.64 Å². The summed E-state index contributed by atoms with van der Waals surface area (Å²) < 4.78 is 5.30. The Morgan fingerprint density at radius 1 is 1.24 bits per heavy atom. The summed E-state index contributed by atoms with van der Waals surface area (Å²) in [5.74, 6) is 0.861. The van der Waals surface area contributed by atoms with Gasteiger partial charge in [0.2, 0.25) is 0 Å². The molecule has 3 rings (SSSR count). The lowest BCUT2D eigenvalue weighted by Crippen LogP contribution is -2.22. The molecule has 0 unspecified atom stereocenters. The number of ether oxygens (including phenoxy) is 1. The molecule has 0 saturated heterocycles. The van der Waals surface area contributed by atoms with E-state index in [2.05, 4.69) is 9.89 Å². The van der Waals surface area contributed by atoms with E-state index in [1.54, 1.807) is 14.0 Å². The standard InChI is InChI=1S/C17H16N2O2/c1-12(20)13-4-3-5-15(8-13)19-11-18-10-14-6-7-16(21-2)9-17(14)19/h3-10H,11H2,1-2H3. The second-order valence-corrected chi connectivity index (χ2v) is 4.91. The Morgan fingerprint density at radius 3 is 2.86 bits per heavy atom. The van der Waals surface area contributed by atoms with Crippen LogP contribution in [0.1, 0.15) is 22.8 Å². The molecule has 1 aliphatic rings. The van der Waals surface area contributed by atoms with Gasteiger partial charge in [0.25, 0.3) is 0 Å². The van der Waals surface area contributed by atoms with Crippen molar-refractivity contribution >= 4 is 23.4 Å². The van der Waals surface area contributed by atoms with Gasteiger partial charge in [-0.2, -0.15) is 0 Å². The molecule has 21 heavy (non-hydrogen) atoms. The van der Waals surface area contributed by atoms with Crippen molar-refractivity contribution in [2.45, 2.75) is 6.92 Å². The molecular formula is C17H16N2O2. The Labute approximate surface area is 123 Å². The van der Waals surface area contributed by atoms with Gasteiger partial charge in [-0.05, 0) is 31.2 Å². The predicted molar refractivity (Wildman–Crippen MR) is 84.0 cm³/mol. The number of fused-ring (bicyclic) bond motifs is 1. The van der Waals surface area contributed by atoms with Gasteiger partial charge in [0.15, 0.2) is 5.78 Å². The van der Waals surface area contributed by atoms with E-state index in [9.17, 15) is 4.79 Å². The van der Waals surface area contributed by atoms with Crippen molar-refractivity contribution < 1.29 is 9.53 Å². The highest BCUT2D eigenvalue weighted by Gasteiger charge is 2.17. The number of carbonyl (C=O) groups is 1. The third-order valence-electron chi connectivity index (χ3n) is 3.55. The molecule has 0 spiro atoms. The number of nitrogens with zero attached hydrogens (tertiary/aromatic N) is 2. The number of hydrogen-bond donors (Lipinski definition) is 0. The van der Waals surface area contributed by atoms with E-state index in [1.165, 1.54) is 0 Å². The summed E-state index contributed by atoms with van der Waals surface area (Å²) in [6.07, 6.45) is 1.86. The van der Waals surface area contributed by atoms with E-state index in [-0.39, 0.29) is 5.78 Å². The van der Waals surface area contributed by atoms with E-state index in [0.717, 1.165) is 22.7 Å². The van der Waals surface area contributed by atoms with Gasteiger partial charge in [-0.15, -0.1) is 0 Å². The highest BCUT2D eigenvalue weighted by Crippen LogP contribution is 2.33. The molecule has 1 aliphatic heterocycles. The first-order valence-corrected chi connectivity index (χ1v) is 6.75. The molecule has 0 bridgehead atoms. The zero-order valence-electron chi connectivity index (χ0n) is 12.0. The topological polar surface area (TPSA) is 41.9 Å².